The average Bonchev–Trinajstić information content (AvgIpc) is 2.84. The number of anilines is 3. The summed E-state index contributed by atoms with van der Waals surface area (Å²) in [5, 5.41) is 12.3. The van der Waals surface area contributed by atoms with Crippen LogP contribution in [0.2, 0.25) is 0 Å². The predicted molar refractivity (Wildman–Crippen MR) is 118 cm³/mol. The number of piperazine rings is 1. The standard InChI is InChI=1S/C24H20F3N5O/c25-24(26,27)18-6-3-7-19(15-18)30-21-9-2-1-8-20(21)23(33)32-13-11-31(12-14-32)22-17(16-28)5-4-10-29-22/h1-10,15,30H,11-14H2. The summed E-state index contributed by atoms with van der Waals surface area (Å²) in [6.45, 7) is 1.89. The third kappa shape index (κ3) is 4.90. The van der Waals surface area contributed by atoms with Gasteiger partial charge < -0.3 is 15.1 Å². The fourth-order valence-corrected chi connectivity index (χ4v) is 3.74. The van der Waals surface area contributed by atoms with Crippen LogP contribution < -0.4 is 10.2 Å². The van der Waals surface area contributed by atoms with Crippen LogP contribution in [0.5, 0.6) is 0 Å². The second-order valence-electron chi connectivity index (χ2n) is 7.51. The van der Waals surface area contributed by atoms with Crippen LogP contribution in [0.3, 0.4) is 0 Å². The lowest BCUT2D eigenvalue weighted by atomic mass is 10.1. The Labute approximate surface area is 188 Å². The van der Waals surface area contributed by atoms with E-state index in [0.29, 0.717) is 48.8 Å². The zero-order valence-corrected chi connectivity index (χ0v) is 17.5. The maximum Gasteiger partial charge on any atom is 0.416 e. The molecule has 2 heterocycles. The lowest BCUT2D eigenvalue weighted by molar-refractivity contribution is -0.137. The summed E-state index contributed by atoms with van der Waals surface area (Å²) in [5.74, 6) is 0.380. The van der Waals surface area contributed by atoms with E-state index in [-0.39, 0.29) is 11.6 Å². The van der Waals surface area contributed by atoms with Crippen molar-refractivity contribution in [1.29, 1.82) is 5.26 Å². The fraction of sp³-hybridized carbons (Fsp3) is 0.208. The van der Waals surface area contributed by atoms with Crippen LogP contribution in [0.1, 0.15) is 21.5 Å². The highest BCUT2D eigenvalue weighted by Crippen LogP contribution is 2.32. The molecule has 9 heteroatoms. The number of aromatic nitrogens is 1. The first-order chi connectivity index (χ1) is 15.9. The second-order valence-corrected chi connectivity index (χ2v) is 7.51. The molecule has 6 nitrogen and oxygen atoms in total. The molecule has 1 fully saturated rings. The fourth-order valence-electron chi connectivity index (χ4n) is 3.74. The number of pyridine rings is 1. The third-order valence-electron chi connectivity index (χ3n) is 5.40. The molecule has 3 aromatic rings. The van der Waals surface area contributed by atoms with Gasteiger partial charge in [-0.2, -0.15) is 18.4 Å². The van der Waals surface area contributed by atoms with Crippen LogP contribution in [-0.4, -0.2) is 42.0 Å². The third-order valence-corrected chi connectivity index (χ3v) is 5.40. The molecule has 1 amide bonds. The van der Waals surface area contributed by atoms with Gasteiger partial charge in [0.05, 0.1) is 22.4 Å². The van der Waals surface area contributed by atoms with Crippen LogP contribution >= 0.6 is 0 Å². The number of hydrogen-bond acceptors (Lipinski definition) is 5. The van der Waals surface area contributed by atoms with E-state index in [0.717, 1.165) is 12.1 Å². The number of carbonyl (C=O) groups excluding carboxylic acids is 1. The molecule has 33 heavy (non-hydrogen) atoms. The lowest BCUT2D eigenvalue weighted by Gasteiger charge is -2.36. The van der Waals surface area contributed by atoms with Crippen LogP contribution in [0, 0.1) is 11.3 Å². The molecule has 1 saturated heterocycles. The molecule has 0 atom stereocenters. The van der Waals surface area contributed by atoms with Gasteiger partial charge in [0.15, 0.2) is 0 Å². The number of amides is 1. The second kappa shape index (κ2) is 9.20. The first kappa shape index (κ1) is 22.1. The molecule has 0 aliphatic carbocycles. The molecule has 0 radical (unpaired) electrons. The van der Waals surface area contributed by atoms with Crippen molar-refractivity contribution < 1.29 is 18.0 Å². The summed E-state index contributed by atoms with van der Waals surface area (Å²) in [7, 11) is 0. The van der Waals surface area contributed by atoms with Crippen molar-refractivity contribution in [3.8, 4) is 6.07 Å². The molecule has 0 saturated carbocycles. The topological polar surface area (TPSA) is 72.3 Å². The van der Waals surface area contributed by atoms with Gasteiger partial charge in [0, 0.05) is 38.1 Å². The Morgan fingerprint density at radius 3 is 2.48 bits per heavy atom. The Bertz CT molecular complexity index is 1200. The lowest BCUT2D eigenvalue weighted by Crippen LogP contribution is -2.49. The largest absolute Gasteiger partial charge is 0.416 e. The number of nitrogens with zero attached hydrogens (tertiary/aromatic N) is 4. The summed E-state index contributed by atoms with van der Waals surface area (Å²) in [6, 6.07) is 17.1. The summed E-state index contributed by atoms with van der Waals surface area (Å²) >= 11 is 0. The van der Waals surface area contributed by atoms with Gasteiger partial charge in [0.1, 0.15) is 11.9 Å². The Morgan fingerprint density at radius 1 is 1.00 bits per heavy atom. The Morgan fingerprint density at radius 2 is 1.76 bits per heavy atom. The number of para-hydroxylation sites is 1. The Kier molecular flexibility index (Phi) is 6.18. The molecular weight excluding hydrogens is 431 g/mol. The SMILES string of the molecule is N#Cc1cccnc1N1CCN(C(=O)c2ccccc2Nc2cccc(C(F)(F)F)c2)CC1. The molecule has 0 bridgehead atoms. The van der Waals surface area contributed by atoms with E-state index in [1.165, 1.54) is 12.1 Å². The molecule has 2 aromatic carbocycles. The van der Waals surface area contributed by atoms with Crippen molar-refractivity contribution in [1.82, 2.24) is 9.88 Å². The summed E-state index contributed by atoms with van der Waals surface area (Å²) in [6.07, 6.45) is -2.82. The quantitative estimate of drug-likeness (QED) is 0.624. The van der Waals surface area contributed by atoms with Gasteiger partial charge in [-0.1, -0.05) is 18.2 Å². The molecule has 1 N–H and O–H groups in total. The van der Waals surface area contributed by atoms with Crippen molar-refractivity contribution in [3.63, 3.8) is 0 Å². The average molecular weight is 451 g/mol. The monoisotopic (exact) mass is 451 g/mol. The maximum absolute atomic E-state index is 13.2. The number of nitrogens with one attached hydrogen (secondary N) is 1. The van der Waals surface area contributed by atoms with Crippen molar-refractivity contribution in [2.24, 2.45) is 0 Å². The van der Waals surface area contributed by atoms with Crippen molar-refractivity contribution in [2.75, 3.05) is 36.4 Å². The first-order valence-electron chi connectivity index (χ1n) is 10.3. The van der Waals surface area contributed by atoms with Crippen molar-refractivity contribution >= 4 is 23.1 Å². The van der Waals surface area contributed by atoms with Gasteiger partial charge in [-0.05, 0) is 42.5 Å². The number of halogens is 3. The van der Waals surface area contributed by atoms with E-state index in [1.807, 2.05) is 4.90 Å². The van der Waals surface area contributed by atoms with E-state index >= 15 is 0 Å². The van der Waals surface area contributed by atoms with E-state index in [4.69, 9.17) is 0 Å². The Balaban J connectivity index is 1.49. The first-order valence-corrected chi connectivity index (χ1v) is 10.3. The van der Waals surface area contributed by atoms with Gasteiger partial charge in [0.25, 0.3) is 5.91 Å². The smallest absolute Gasteiger partial charge is 0.355 e. The van der Waals surface area contributed by atoms with Crippen LogP contribution in [0.15, 0.2) is 66.9 Å². The van der Waals surface area contributed by atoms with Gasteiger partial charge >= 0.3 is 6.18 Å². The van der Waals surface area contributed by atoms with Crippen molar-refractivity contribution in [3.05, 3.63) is 83.6 Å². The zero-order chi connectivity index (χ0) is 23.4. The van der Waals surface area contributed by atoms with Gasteiger partial charge in [-0.15, -0.1) is 0 Å². The molecule has 1 aromatic heterocycles. The van der Waals surface area contributed by atoms with E-state index in [2.05, 4.69) is 16.4 Å². The maximum atomic E-state index is 13.2. The van der Waals surface area contributed by atoms with Gasteiger partial charge in [0.2, 0.25) is 0 Å². The summed E-state index contributed by atoms with van der Waals surface area (Å²) in [5.41, 5.74) is 0.764. The number of nitriles is 1. The molecule has 0 spiro atoms. The molecular formula is C24H20F3N5O. The van der Waals surface area contributed by atoms with Gasteiger partial charge in [-0.3, -0.25) is 4.79 Å². The highest BCUT2D eigenvalue weighted by Gasteiger charge is 2.30. The van der Waals surface area contributed by atoms with E-state index in [1.54, 1.807) is 47.5 Å². The number of carbonyl (C=O) groups is 1. The summed E-state index contributed by atoms with van der Waals surface area (Å²) < 4.78 is 39.1. The zero-order valence-electron chi connectivity index (χ0n) is 17.5. The normalized spacial score (nSPS) is 14.0. The van der Waals surface area contributed by atoms with E-state index in [9.17, 15) is 23.2 Å². The van der Waals surface area contributed by atoms with Crippen molar-refractivity contribution in [2.45, 2.75) is 6.18 Å². The van der Waals surface area contributed by atoms with Gasteiger partial charge in [-0.25, -0.2) is 4.98 Å². The number of rotatable bonds is 4. The molecule has 1 aliphatic rings. The molecule has 1 aliphatic heterocycles. The minimum Gasteiger partial charge on any atom is -0.355 e. The molecule has 168 valence electrons. The van der Waals surface area contributed by atoms with Crippen LogP contribution in [0.4, 0.5) is 30.4 Å². The highest BCUT2D eigenvalue weighted by atomic mass is 19.4. The number of hydrogen-bond donors (Lipinski definition) is 1. The summed E-state index contributed by atoms with van der Waals surface area (Å²) in [4.78, 5) is 21.2. The van der Waals surface area contributed by atoms with E-state index < -0.39 is 11.7 Å². The molecule has 4 rings (SSSR count). The van der Waals surface area contributed by atoms with Crippen LogP contribution in [0.25, 0.3) is 0 Å². The minimum atomic E-state index is -4.45. The highest BCUT2D eigenvalue weighted by molar-refractivity contribution is 6.00. The molecule has 0 unspecified atom stereocenters. The number of benzene rings is 2. The van der Waals surface area contributed by atoms with Crippen LogP contribution in [-0.2, 0) is 6.18 Å². The predicted octanol–water partition coefficient (Wildman–Crippen LogP) is 4.68. The minimum absolute atomic E-state index is 0.216. The Hall–Kier alpha value is -4.06. The number of alkyl halides is 3.